The number of fused-ring (bicyclic) bond motifs is 1. The molecule has 1 aliphatic carbocycles. The summed E-state index contributed by atoms with van der Waals surface area (Å²) in [6.07, 6.45) is 2.86. The summed E-state index contributed by atoms with van der Waals surface area (Å²) in [5.74, 6) is -0.374. The lowest BCUT2D eigenvalue weighted by atomic mass is 9.81. The van der Waals surface area contributed by atoms with Crippen LogP contribution in [0.2, 0.25) is 0 Å². The van der Waals surface area contributed by atoms with Crippen molar-refractivity contribution in [2.75, 3.05) is 32.7 Å². The van der Waals surface area contributed by atoms with Crippen LogP contribution in [0.5, 0.6) is 0 Å². The summed E-state index contributed by atoms with van der Waals surface area (Å²) in [6.45, 7) is 6.83. The van der Waals surface area contributed by atoms with Crippen molar-refractivity contribution in [1.82, 2.24) is 9.80 Å². The molecule has 124 valence electrons. The van der Waals surface area contributed by atoms with Gasteiger partial charge in [0, 0.05) is 26.2 Å². The quantitative estimate of drug-likeness (QED) is 0.835. The fraction of sp³-hybridized carbons (Fsp3) is 0.875. The second kappa shape index (κ2) is 5.81. The van der Waals surface area contributed by atoms with Crippen molar-refractivity contribution in [3.8, 4) is 0 Å². The van der Waals surface area contributed by atoms with E-state index in [2.05, 4.69) is 0 Å². The minimum absolute atomic E-state index is 0.0658. The molecule has 6 heteroatoms. The summed E-state index contributed by atoms with van der Waals surface area (Å²) >= 11 is 0. The molecule has 1 amide bonds. The SMILES string of the molecule is CC1CN(C(=O)CN2C[C@@H]3CCC[C@@]3(C(=O)O)C2)CC(C)O1. The lowest BCUT2D eigenvalue weighted by molar-refractivity contribution is -0.150. The smallest absolute Gasteiger partial charge is 0.311 e. The summed E-state index contributed by atoms with van der Waals surface area (Å²) < 4.78 is 5.66. The first-order chi connectivity index (χ1) is 10.4. The number of carboxylic acids is 1. The van der Waals surface area contributed by atoms with Crippen LogP contribution in [0, 0.1) is 11.3 Å². The first-order valence-electron chi connectivity index (χ1n) is 8.30. The van der Waals surface area contributed by atoms with Crippen LogP contribution in [0.3, 0.4) is 0 Å². The van der Waals surface area contributed by atoms with Crippen molar-refractivity contribution in [2.24, 2.45) is 11.3 Å². The summed E-state index contributed by atoms with van der Waals surface area (Å²) in [6, 6.07) is 0. The van der Waals surface area contributed by atoms with Gasteiger partial charge in [0.2, 0.25) is 5.91 Å². The van der Waals surface area contributed by atoms with E-state index in [1.807, 2.05) is 23.6 Å². The number of amides is 1. The van der Waals surface area contributed by atoms with Crippen LogP contribution in [-0.2, 0) is 14.3 Å². The number of ether oxygens (including phenoxy) is 1. The van der Waals surface area contributed by atoms with Crippen LogP contribution in [-0.4, -0.2) is 71.7 Å². The molecule has 2 aliphatic heterocycles. The Morgan fingerprint density at radius 3 is 2.50 bits per heavy atom. The van der Waals surface area contributed by atoms with Gasteiger partial charge in [0.1, 0.15) is 0 Å². The van der Waals surface area contributed by atoms with Gasteiger partial charge in [-0.15, -0.1) is 0 Å². The highest BCUT2D eigenvalue weighted by Gasteiger charge is 2.54. The molecule has 0 aromatic rings. The fourth-order valence-corrected chi connectivity index (χ4v) is 4.54. The molecule has 0 aromatic carbocycles. The number of nitrogens with zero attached hydrogens (tertiary/aromatic N) is 2. The first kappa shape index (κ1) is 15.7. The lowest BCUT2D eigenvalue weighted by Crippen LogP contribution is -2.51. The van der Waals surface area contributed by atoms with E-state index in [9.17, 15) is 14.7 Å². The van der Waals surface area contributed by atoms with Crippen LogP contribution in [0.15, 0.2) is 0 Å². The van der Waals surface area contributed by atoms with E-state index in [1.54, 1.807) is 0 Å². The van der Waals surface area contributed by atoms with Gasteiger partial charge < -0.3 is 14.7 Å². The molecule has 0 radical (unpaired) electrons. The molecule has 0 spiro atoms. The molecule has 0 aromatic heterocycles. The topological polar surface area (TPSA) is 70.1 Å². The number of rotatable bonds is 3. The Balaban J connectivity index is 1.60. The molecule has 4 atom stereocenters. The Kier molecular flexibility index (Phi) is 4.16. The van der Waals surface area contributed by atoms with E-state index in [-0.39, 0.29) is 24.0 Å². The number of morpholine rings is 1. The van der Waals surface area contributed by atoms with Gasteiger partial charge >= 0.3 is 5.97 Å². The van der Waals surface area contributed by atoms with Crippen LogP contribution in [0.1, 0.15) is 33.1 Å². The van der Waals surface area contributed by atoms with E-state index in [4.69, 9.17) is 4.74 Å². The van der Waals surface area contributed by atoms with E-state index in [0.717, 1.165) is 25.8 Å². The molecule has 2 saturated heterocycles. The third kappa shape index (κ3) is 2.74. The van der Waals surface area contributed by atoms with Crippen LogP contribution >= 0.6 is 0 Å². The second-order valence-corrected chi connectivity index (χ2v) is 7.28. The van der Waals surface area contributed by atoms with Crippen LogP contribution in [0.25, 0.3) is 0 Å². The van der Waals surface area contributed by atoms with Gasteiger partial charge in [-0.2, -0.15) is 0 Å². The largest absolute Gasteiger partial charge is 0.481 e. The van der Waals surface area contributed by atoms with Gasteiger partial charge in [0.05, 0.1) is 24.2 Å². The summed E-state index contributed by atoms with van der Waals surface area (Å²) in [7, 11) is 0. The van der Waals surface area contributed by atoms with E-state index >= 15 is 0 Å². The van der Waals surface area contributed by atoms with Crippen LogP contribution in [0.4, 0.5) is 0 Å². The van der Waals surface area contributed by atoms with E-state index in [0.29, 0.717) is 26.2 Å². The Bertz CT molecular complexity index is 459. The van der Waals surface area contributed by atoms with Crippen molar-refractivity contribution < 1.29 is 19.4 Å². The minimum Gasteiger partial charge on any atom is -0.481 e. The lowest BCUT2D eigenvalue weighted by Gasteiger charge is -2.36. The third-order valence-electron chi connectivity index (χ3n) is 5.50. The first-order valence-corrected chi connectivity index (χ1v) is 8.30. The van der Waals surface area contributed by atoms with Crippen LogP contribution < -0.4 is 0 Å². The monoisotopic (exact) mass is 310 g/mol. The van der Waals surface area contributed by atoms with Gasteiger partial charge in [-0.05, 0) is 32.6 Å². The van der Waals surface area contributed by atoms with Crippen molar-refractivity contribution in [1.29, 1.82) is 0 Å². The van der Waals surface area contributed by atoms with Gasteiger partial charge in [-0.25, -0.2) is 0 Å². The minimum atomic E-state index is -0.682. The molecule has 3 rings (SSSR count). The van der Waals surface area contributed by atoms with Gasteiger partial charge in [-0.1, -0.05) is 6.42 Å². The molecule has 2 heterocycles. The van der Waals surface area contributed by atoms with Crippen molar-refractivity contribution in [3.63, 3.8) is 0 Å². The summed E-state index contributed by atoms with van der Waals surface area (Å²) in [4.78, 5) is 28.1. The predicted octanol–water partition coefficient (Wildman–Crippen LogP) is 0.809. The molecule has 0 bridgehead atoms. The second-order valence-electron chi connectivity index (χ2n) is 7.28. The molecule has 3 aliphatic rings. The predicted molar refractivity (Wildman–Crippen MR) is 80.4 cm³/mol. The number of hydrogen-bond donors (Lipinski definition) is 1. The summed E-state index contributed by atoms with van der Waals surface area (Å²) in [5.41, 5.74) is -0.605. The Labute approximate surface area is 131 Å². The third-order valence-corrected chi connectivity index (χ3v) is 5.50. The van der Waals surface area contributed by atoms with Gasteiger partial charge in [0.25, 0.3) is 0 Å². The number of likely N-dealkylation sites (tertiary alicyclic amines) is 1. The Morgan fingerprint density at radius 2 is 1.91 bits per heavy atom. The maximum atomic E-state index is 12.5. The highest BCUT2D eigenvalue weighted by molar-refractivity contribution is 5.79. The fourth-order valence-electron chi connectivity index (χ4n) is 4.54. The average Bonchev–Trinajstić information content (AvgIpc) is 2.94. The molecular weight excluding hydrogens is 284 g/mol. The summed E-state index contributed by atoms with van der Waals surface area (Å²) in [5, 5.41) is 9.61. The molecule has 3 fully saturated rings. The van der Waals surface area contributed by atoms with Gasteiger partial charge in [0.15, 0.2) is 0 Å². The zero-order valence-corrected chi connectivity index (χ0v) is 13.5. The molecule has 1 saturated carbocycles. The Morgan fingerprint density at radius 1 is 1.23 bits per heavy atom. The molecule has 1 N–H and O–H groups in total. The van der Waals surface area contributed by atoms with E-state index in [1.165, 1.54) is 0 Å². The molecular formula is C16H26N2O4. The van der Waals surface area contributed by atoms with Crippen molar-refractivity contribution in [2.45, 2.75) is 45.3 Å². The Hall–Kier alpha value is -1.14. The molecule has 2 unspecified atom stereocenters. The maximum absolute atomic E-state index is 12.5. The number of carbonyl (C=O) groups is 2. The maximum Gasteiger partial charge on any atom is 0.311 e. The number of hydrogen-bond acceptors (Lipinski definition) is 4. The van der Waals surface area contributed by atoms with Gasteiger partial charge in [-0.3, -0.25) is 14.5 Å². The average molecular weight is 310 g/mol. The highest BCUT2D eigenvalue weighted by Crippen LogP contribution is 2.48. The van der Waals surface area contributed by atoms with Crippen molar-refractivity contribution in [3.05, 3.63) is 0 Å². The number of carboxylic acid groups (broad SMARTS) is 1. The van der Waals surface area contributed by atoms with E-state index < -0.39 is 11.4 Å². The zero-order chi connectivity index (χ0) is 15.9. The highest BCUT2D eigenvalue weighted by atomic mass is 16.5. The van der Waals surface area contributed by atoms with Crippen molar-refractivity contribution >= 4 is 11.9 Å². The number of aliphatic carboxylic acids is 1. The normalized spacial score (nSPS) is 39.0. The number of carbonyl (C=O) groups excluding carboxylic acids is 1. The molecule has 6 nitrogen and oxygen atoms in total. The molecule has 22 heavy (non-hydrogen) atoms. The zero-order valence-electron chi connectivity index (χ0n) is 13.5. The standard InChI is InChI=1S/C16H26N2O4/c1-11-6-18(7-12(2)22-11)14(19)9-17-8-13-4-3-5-16(13,10-17)15(20)21/h11-13H,3-10H2,1-2H3,(H,20,21)/t11?,12?,13-,16+/m0/s1.